The Labute approximate surface area is 152 Å². The van der Waals surface area contributed by atoms with Crippen LogP contribution in [0.1, 0.15) is 0 Å². The minimum absolute atomic E-state index is 0.137. The molecule has 0 aliphatic heterocycles. The summed E-state index contributed by atoms with van der Waals surface area (Å²) < 4.78 is 15.2. The highest BCUT2D eigenvalue weighted by molar-refractivity contribution is 6.31. The number of anilines is 2. The number of amides is 1. The third kappa shape index (κ3) is 4.26. The lowest BCUT2D eigenvalue weighted by atomic mass is 10.2. The van der Waals surface area contributed by atoms with Gasteiger partial charge in [0.25, 0.3) is 0 Å². The van der Waals surface area contributed by atoms with Crippen LogP contribution >= 0.6 is 23.2 Å². The molecule has 25 heavy (non-hydrogen) atoms. The molecule has 128 valence electrons. The summed E-state index contributed by atoms with van der Waals surface area (Å²) in [7, 11) is 0. The molecule has 3 rings (SSSR count). The molecule has 0 atom stereocenters. The summed E-state index contributed by atoms with van der Waals surface area (Å²) in [5.41, 5.74) is 1.25. The van der Waals surface area contributed by atoms with Gasteiger partial charge in [0.2, 0.25) is 5.91 Å². The molecule has 0 saturated carbocycles. The molecule has 3 aromatic rings. The summed E-state index contributed by atoms with van der Waals surface area (Å²) in [6.07, 6.45) is 2.88. The predicted molar refractivity (Wildman–Crippen MR) is 94.9 cm³/mol. The van der Waals surface area contributed by atoms with Crippen molar-refractivity contribution in [2.24, 2.45) is 0 Å². The van der Waals surface area contributed by atoms with Crippen molar-refractivity contribution in [1.29, 1.82) is 0 Å². The van der Waals surface area contributed by atoms with Crippen molar-refractivity contribution in [2.75, 3.05) is 17.2 Å². The van der Waals surface area contributed by atoms with E-state index in [0.29, 0.717) is 16.4 Å². The number of halogens is 3. The Hall–Kier alpha value is -2.64. The average molecular weight is 380 g/mol. The van der Waals surface area contributed by atoms with E-state index in [4.69, 9.17) is 23.2 Å². The molecule has 0 bridgehead atoms. The van der Waals surface area contributed by atoms with Gasteiger partial charge < -0.3 is 10.6 Å². The molecule has 0 unspecified atom stereocenters. The first-order chi connectivity index (χ1) is 12.0. The van der Waals surface area contributed by atoms with Crippen LogP contribution in [0.2, 0.25) is 10.0 Å². The number of benzene rings is 2. The summed E-state index contributed by atoms with van der Waals surface area (Å²) in [6, 6.07) is 9.14. The van der Waals surface area contributed by atoms with Crippen molar-refractivity contribution in [3.63, 3.8) is 0 Å². The van der Waals surface area contributed by atoms with Crippen LogP contribution in [-0.4, -0.2) is 27.2 Å². The van der Waals surface area contributed by atoms with Crippen LogP contribution in [0.15, 0.2) is 49.1 Å². The topological polar surface area (TPSA) is 71.8 Å². The summed E-state index contributed by atoms with van der Waals surface area (Å²) >= 11 is 11.7. The molecule has 0 saturated heterocycles. The number of carbonyl (C=O) groups excluding carboxylic acids is 1. The van der Waals surface area contributed by atoms with Crippen molar-refractivity contribution in [1.82, 2.24) is 14.8 Å². The fourth-order valence-corrected chi connectivity index (χ4v) is 2.47. The molecule has 0 aliphatic rings. The monoisotopic (exact) mass is 379 g/mol. The molecule has 0 radical (unpaired) electrons. The van der Waals surface area contributed by atoms with Gasteiger partial charge in [-0.2, -0.15) is 5.10 Å². The Morgan fingerprint density at radius 1 is 1.12 bits per heavy atom. The fourth-order valence-electron chi connectivity index (χ4n) is 2.14. The minimum atomic E-state index is -0.536. The predicted octanol–water partition coefficient (Wildman–Crippen LogP) is 3.76. The van der Waals surface area contributed by atoms with Crippen molar-refractivity contribution in [3.8, 4) is 5.69 Å². The lowest BCUT2D eigenvalue weighted by Crippen LogP contribution is -2.23. The summed E-state index contributed by atoms with van der Waals surface area (Å²) in [6.45, 7) is -0.137. The summed E-state index contributed by atoms with van der Waals surface area (Å²) in [5, 5.41) is 10.2. The average Bonchev–Trinajstić information content (AvgIpc) is 3.08. The Kier molecular flexibility index (Phi) is 5.16. The first-order valence-corrected chi connectivity index (χ1v) is 7.92. The van der Waals surface area contributed by atoms with E-state index in [1.807, 2.05) is 0 Å². The molecule has 1 amide bonds. The second-order valence-electron chi connectivity index (χ2n) is 5.03. The smallest absolute Gasteiger partial charge is 0.243 e. The highest BCUT2D eigenvalue weighted by Gasteiger charge is 2.11. The van der Waals surface area contributed by atoms with Crippen molar-refractivity contribution in [2.45, 2.75) is 0 Å². The number of rotatable bonds is 5. The molecule has 2 aromatic carbocycles. The second kappa shape index (κ2) is 7.50. The first-order valence-electron chi connectivity index (χ1n) is 7.16. The molecule has 9 heteroatoms. The maximum Gasteiger partial charge on any atom is 0.243 e. The van der Waals surface area contributed by atoms with E-state index in [2.05, 4.69) is 20.7 Å². The minimum Gasteiger partial charge on any atom is -0.374 e. The van der Waals surface area contributed by atoms with Crippen LogP contribution in [0.25, 0.3) is 5.69 Å². The summed E-state index contributed by atoms with van der Waals surface area (Å²) in [5.74, 6) is -0.913. The maximum atomic E-state index is 13.7. The zero-order valence-electron chi connectivity index (χ0n) is 12.7. The number of hydrogen-bond acceptors (Lipinski definition) is 4. The normalized spacial score (nSPS) is 10.5. The molecule has 0 aliphatic carbocycles. The summed E-state index contributed by atoms with van der Waals surface area (Å²) in [4.78, 5) is 16.1. The quantitative estimate of drug-likeness (QED) is 0.707. The van der Waals surface area contributed by atoms with Crippen LogP contribution in [0, 0.1) is 5.82 Å². The van der Waals surface area contributed by atoms with Crippen LogP contribution in [0.3, 0.4) is 0 Å². The zero-order chi connectivity index (χ0) is 17.8. The third-order valence-corrected chi connectivity index (χ3v) is 3.74. The number of hydrogen-bond donors (Lipinski definition) is 2. The van der Waals surface area contributed by atoms with E-state index in [9.17, 15) is 9.18 Å². The van der Waals surface area contributed by atoms with Gasteiger partial charge in [-0.25, -0.2) is 14.1 Å². The van der Waals surface area contributed by atoms with Gasteiger partial charge in [0.05, 0.1) is 23.6 Å². The van der Waals surface area contributed by atoms with Gasteiger partial charge in [-0.1, -0.05) is 23.2 Å². The van der Waals surface area contributed by atoms with E-state index in [1.165, 1.54) is 35.5 Å². The Bertz CT molecular complexity index is 902. The van der Waals surface area contributed by atoms with E-state index >= 15 is 0 Å². The lowest BCUT2D eigenvalue weighted by molar-refractivity contribution is -0.114. The van der Waals surface area contributed by atoms with E-state index < -0.39 is 5.82 Å². The van der Waals surface area contributed by atoms with Crippen LogP contribution in [0.4, 0.5) is 15.8 Å². The molecule has 2 N–H and O–H groups in total. The van der Waals surface area contributed by atoms with E-state index in [1.54, 1.807) is 18.2 Å². The SMILES string of the molecule is O=C(CNc1ccc(Cl)cc1F)Nc1cc(Cl)ccc1-n1cncn1. The molecule has 0 spiro atoms. The Morgan fingerprint density at radius 2 is 1.88 bits per heavy atom. The van der Waals surface area contributed by atoms with E-state index in [-0.39, 0.29) is 23.2 Å². The van der Waals surface area contributed by atoms with Crippen LogP contribution < -0.4 is 10.6 Å². The standard InChI is InChI=1S/C16H12Cl2FN5O/c17-10-1-3-13(12(19)5-10)21-7-16(25)23-14-6-11(18)2-4-15(14)24-9-20-8-22-24/h1-6,8-9,21H,7H2,(H,23,25). The highest BCUT2D eigenvalue weighted by Crippen LogP contribution is 2.24. The van der Waals surface area contributed by atoms with Gasteiger partial charge in [0, 0.05) is 10.0 Å². The lowest BCUT2D eigenvalue weighted by Gasteiger charge is -2.12. The molecular formula is C16H12Cl2FN5O. The van der Waals surface area contributed by atoms with Crippen LogP contribution in [0.5, 0.6) is 0 Å². The molecule has 1 heterocycles. The highest BCUT2D eigenvalue weighted by atomic mass is 35.5. The fraction of sp³-hybridized carbons (Fsp3) is 0.0625. The number of nitrogens with one attached hydrogen (secondary N) is 2. The van der Waals surface area contributed by atoms with Gasteiger partial charge in [-0.15, -0.1) is 0 Å². The molecule has 0 fully saturated rings. The maximum absolute atomic E-state index is 13.7. The Balaban J connectivity index is 1.72. The number of carbonyl (C=O) groups is 1. The largest absolute Gasteiger partial charge is 0.374 e. The molecular weight excluding hydrogens is 368 g/mol. The second-order valence-corrected chi connectivity index (χ2v) is 5.90. The first kappa shape index (κ1) is 17.2. The number of nitrogens with zero attached hydrogens (tertiary/aromatic N) is 3. The molecule has 6 nitrogen and oxygen atoms in total. The Morgan fingerprint density at radius 3 is 2.60 bits per heavy atom. The van der Waals surface area contributed by atoms with Gasteiger partial charge in [0.15, 0.2) is 0 Å². The van der Waals surface area contributed by atoms with Crippen molar-refractivity contribution < 1.29 is 9.18 Å². The van der Waals surface area contributed by atoms with E-state index in [0.717, 1.165) is 0 Å². The zero-order valence-corrected chi connectivity index (χ0v) is 14.2. The third-order valence-electron chi connectivity index (χ3n) is 3.27. The van der Waals surface area contributed by atoms with Gasteiger partial charge in [-0.05, 0) is 36.4 Å². The van der Waals surface area contributed by atoms with Gasteiger partial charge in [-0.3, -0.25) is 4.79 Å². The van der Waals surface area contributed by atoms with Crippen molar-refractivity contribution >= 4 is 40.5 Å². The molecule has 1 aromatic heterocycles. The van der Waals surface area contributed by atoms with Gasteiger partial charge in [0.1, 0.15) is 18.5 Å². The number of aromatic nitrogens is 3. The van der Waals surface area contributed by atoms with Crippen molar-refractivity contribution in [3.05, 3.63) is 64.9 Å². The van der Waals surface area contributed by atoms with Crippen LogP contribution in [-0.2, 0) is 4.79 Å². The van der Waals surface area contributed by atoms with Gasteiger partial charge >= 0.3 is 0 Å².